The molecule has 0 radical (unpaired) electrons. The first-order valence-corrected chi connectivity index (χ1v) is 12.0. The number of aromatic hydroxyl groups is 1. The smallest absolute Gasteiger partial charge is 0.273 e. The number of methoxy groups -OCH3 is 2. The molecule has 4 aromatic rings. The van der Waals surface area contributed by atoms with Gasteiger partial charge in [0.2, 0.25) is 0 Å². The summed E-state index contributed by atoms with van der Waals surface area (Å²) in [5, 5.41) is 18.2. The molecule has 5 rings (SSSR count). The summed E-state index contributed by atoms with van der Waals surface area (Å²) in [6.07, 6.45) is 0.561. The van der Waals surface area contributed by atoms with Crippen LogP contribution in [0.2, 0.25) is 0 Å². The molecule has 1 amide bonds. The molecule has 1 aliphatic heterocycles. The second kappa shape index (κ2) is 9.61. The Hall–Kier alpha value is -4.33. The van der Waals surface area contributed by atoms with Crippen molar-refractivity contribution >= 4 is 5.91 Å². The number of rotatable bonds is 7. The molecule has 2 N–H and O–H groups in total. The van der Waals surface area contributed by atoms with Crippen LogP contribution in [0.5, 0.6) is 17.2 Å². The highest BCUT2D eigenvalue weighted by Gasteiger charge is 2.42. The molecule has 3 aromatic carbocycles. The van der Waals surface area contributed by atoms with Gasteiger partial charge in [0.25, 0.3) is 5.91 Å². The number of aromatic nitrogens is 2. The number of carbonyl (C=O) groups is 1. The number of carbonyl (C=O) groups excluding carboxylic acids is 1. The van der Waals surface area contributed by atoms with E-state index in [1.165, 1.54) is 12.1 Å². The van der Waals surface area contributed by atoms with E-state index in [1.807, 2.05) is 44.2 Å². The molecule has 190 valence electrons. The third-order valence-corrected chi connectivity index (χ3v) is 6.84. The van der Waals surface area contributed by atoms with Crippen LogP contribution in [0.15, 0.2) is 54.6 Å². The fourth-order valence-corrected chi connectivity index (χ4v) is 5.05. The maximum atomic E-state index is 13.8. The van der Waals surface area contributed by atoms with E-state index in [1.54, 1.807) is 31.3 Å². The van der Waals surface area contributed by atoms with Crippen molar-refractivity contribution in [2.45, 2.75) is 26.3 Å². The van der Waals surface area contributed by atoms with Crippen LogP contribution >= 0.6 is 0 Å². The van der Waals surface area contributed by atoms with Crippen LogP contribution in [0.1, 0.15) is 44.3 Å². The third-order valence-electron chi connectivity index (χ3n) is 6.84. The average molecular weight is 502 g/mol. The summed E-state index contributed by atoms with van der Waals surface area (Å²) in [6, 6.07) is 15.1. The number of phenols is 1. The third kappa shape index (κ3) is 4.28. The minimum Gasteiger partial charge on any atom is -0.507 e. The van der Waals surface area contributed by atoms with Gasteiger partial charge in [-0.05, 0) is 72.9 Å². The zero-order chi connectivity index (χ0) is 26.3. The first-order valence-electron chi connectivity index (χ1n) is 12.0. The molecule has 1 aliphatic rings. The first-order chi connectivity index (χ1) is 17.8. The van der Waals surface area contributed by atoms with Crippen molar-refractivity contribution in [2.24, 2.45) is 0 Å². The Balaban J connectivity index is 1.57. The normalized spacial score (nSPS) is 14.7. The van der Waals surface area contributed by atoms with Gasteiger partial charge in [-0.25, -0.2) is 4.39 Å². The Labute approximate surface area is 214 Å². The number of nitrogens with one attached hydrogen (secondary N) is 1. The summed E-state index contributed by atoms with van der Waals surface area (Å²) >= 11 is 0. The molecule has 1 aromatic heterocycles. The number of nitrogens with zero attached hydrogens (tertiary/aromatic N) is 2. The topological polar surface area (TPSA) is 87.7 Å². The molecule has 1 atom stereocenters. The number of fused-ring (bicyclic) bond motifs is 1. The Kier molecular flexibility index (Phi) is 6.33. The highest BCUT2D eigenvalue weighted by atomic mass is 19.1. The molecule has 0 spiro atoms. The second-order valence-corrected chi connectivity index (χ2v) is 9.23. The minimum absolute atomic E-state index is 0.119. The minimum atomic E-state index is -0.503. The van der Waals surface area contributed by atoms with Crippen molar-refractivity contribution < 1.29 is 23.8 Å². The Morgan fingerprint density at radius 1 is 1.03 bits per heavy atom. The van der Waals surface area contributed by atoms with Crippen molar-refractivity contribution in [2.75, 3.05) is 20.8 Å². The molecular weight excluding hydrogens is 473 g/mol. The van der Waals surface area contributed by atoms with Crippen LogP contribution in [-0.2, 0) is 6.42 Å². The van der Waals surface area contributed by atoms with E-state index in [-0.39, 0.29) is 17.5 Å². The van der Waals surface area contributed by atoms with Gasteiger partial charge in [-0.3, -0.25) is 9.89 Å². The number of aryl methyl sites for hydroxylation is 2. The predicted octanol–water partition coefficient (Wildman–Crippen LogP) is 5.34. The van der Waals surface area contributed by atoms with Gasteiger partial charge in [-0.15, -0.1) is 0 Å². The van der Waals surface area contributed by atoms with Crippen LogP contribution in [0.3, 0.4) is 0 Å². The van der Waals surface area contributed by atoms with E-state index in [9.17, 15) is 14.3 Å². The van der Waals surface area contributed by atoms with E-state index in [0.29, 0.717) is 47.0 Å². The van der Waals surface area contributed by atoms with Crippen LogP contribution in [0.25, 0.3) is 11.3 Å². The summed E-state index contributed by atoms with van der Waals surface area (Å²) in [7, 11) is 3.17. The summed E-state index contributed by atoms with van der Waals surface area (Å²) in [5.41, 5.74) is 5.53. The number of hydrogen-bond acceptors (Lipinski definition) is 5. The number of aromatic amines is 1. The lowest BCUT2D eigenvalue weighted by molar-refractivity contribution is 0.0746. The molecule has 0 bridgehead atoms. The van der Waals surface area contributed by atoms with Crippen LogP contribution in [-0.4, -0.2) is 46.9 Å². The average Bonchev–Trinajstić information content (AvgIpc) is 3.44. The predicted molar refractivity (Wildman–Crippen MR) is 138 cm³/mol. The summed E-state index contributed by atoms with van der Waals surface area (Å²) in [5.74, 6) is 0.808. The van der Waals surface area contributed by atoms with Gasteiger partial charge in [-0.2, -0.15) is 5.10 Å². The van der Waals surface area contributed by atoms with Crippen molar-refractivity contribution in [1.82, 2.24) is 15.1 Å². The maximum absolute atomic E-state index is 13.8. The highest BCUT2D eigenvalue weighted by Crippen LogP contribution is 2.45. The van der Waals surface area contributed by atoms with Crippen molar-refractivity contribution in [3.63, 3.8) is 0 Å². The van der Waals surface area contributed by atoms with E-state index in [4.69, 9.17) is 9.47 Å². The quantitative estimate of drug-likeness (QED) is 0.357. The SMILES string of the molecule is COc1ccc(CCN2C(=O)c3[nH]nc(-c4cc(C)cc(C)c4O)c3C2c2ccc(F)cc2)cc1OC. The molecule has 2 heterocycles. The largest absolute Gasteiger partial charge is 0.507 e. The van der Waals surface area contributed by atoms with E-state index in [0.717, 1.165) is 22.3 Å². The lowest BCUT2D eigenvalue weighted by Gasteiger charge is -2.26. The molecule has 8 heteroatoms. The number of benzene rings is 3. The molecule has 0 saturated carbocycles. The first kappa shape index (κ1) is 24.4. The maximum Gasteiger partial charge on any atom is 0.273 e. The fourth-order valence-electron chi connectivity index (χ4n) is 5.05. The van der Waals surface area contributed by atoms with Gasteiger partial charge in [0.15, 0.2) is 11.5 Å². The monoisotopic (exact) mass is 501 g/mol. The number of halogens is 1. The van der Waals surface area contributed by atoms with Gasteiger partial charge in [0.1, 0.15) is 23.0 Å². The van der Waals surface area contributed by atoms with Gasteiger partial charge in [0.05, 0.1) is 20.3 Å². The van der Waals surface area contributed by atoms with Crippen LogP contribution in [0, 0.1) is 19.7 Å². The molecule has 1 unspecified atom stereocenters. The van der Waals surface area contributed by atoms with Gasteiger partial charge in [-0.1, -0.05) is 24.3 Å². The zero-order valence-corrected chi connectivity index (χ0v) is 21.1. The Morgan fingerprint density at radius 2 is 1.76 bits per heavy atom. The standard InChI is InChI=1S/C29H28FN3O4/c1-16-13-17(2)28(34)21(14-16)25-24-26(32-31-25)29(35)33(27(24)19-6-8-20(30)9-7-19)12-11-18-5-10-22(36-3)23(15-18)37-4/h5-10,13-15,27,34H,11-12H2,1-4H3,(H,31,32). The summed E-state index contributed by atoms with van der Waals surface area (Å²) in [6.45, 7) is 4.18. The molecule has 0 saturated heterocycles. The van der Waals surface area contributed by atoms with Crippen molar-refractivity contribution in [3.8, 4) is 28.5 Å². The van der Waals surface area contributed by atoms with Gasteiger partial charge in [0, 0.05) is 17.7 Å². The molecular formula is C29H28FN3O4. The lowest BCUT2D eigenvalue weighted by Crippen LogP contribution is -2.31. The van der Waals surface area contributed by atoms with Crippen LogP contribution in [0.4, 0.5) is 4.39 Å². The van der Waals surface area contributed by atoms with Crippen LogP contribution < -0.4 is 9.47 Å². The van der Waals surface area contributed by atoms with E-state index < -0.39 is 6.04 Å². The number of hydrogen-bond donors (Lipinski definition) is 2. The Bertz CT molecular complexity index is 1480. The van der Waals surface area contributed by atoms with E-state index in [2.05, 4.69) is 10.2 Å². The number of ether oxygens (including phenoxy) is 2. The Morgan fingerprint density at radius 3 is 2.46 bits per heavy atom. The lowest BCUT2D eigenvalue weighted by atomic mass is 9.94. The van der Waals surface area contributed by atoms with Crippen molar-refractivity contribution in [1.29, 1.82) is 0 Å². The van der Waals surface area contributed by atoms with Gasteiger partial charge >= 0.3 is 0 Å². The number of phenolic OH excluding ortho intramolecular Hbond substituents is 1. The second-order valence-electron chi connectivity index (χ2n) is 9.23. The highest BCUT2D eigenvalue weighted by molar-refractivity contribution is 6.00. The molecule has 0 aliphatic carbocycles. The number of amides is 1. The van der Waals surface area contributed by atoms with Gasteiger partial charge < -0.3 is 19.5 Å². The summed E-state index contributed by atoms with van der Waals surface area (Å²) in [4.78, 5) is 15.4. The van der Waals surface area contributed by atoms with E-state index >= 15 is 0 Å². The number of H-pyrrole nitrogens is 1. The molecule has 37 heavy (non-hydrogen) atoms. The molecule has 7 nitrogen and oxygen atoms in total. The fraction of sp³-hybridized carbons (Fsp3) is 0.241. The summed E-state index contributed by atoms with van der Waals surface area (Å²) < 4.78 is 24.6. The van der Waals surface area contributed by atoms with Crippen molar-refractivity contribution in [3.05, 3.63) is 93.9 Å². The zero-order valence-electron chi connectivity index (χ0n) is 21.1. The molecule has 0 fully saturated rings.